The second-order valence-corrected chi connectivity index (χ2v) is 6.99. The summed E-state index contributed by atoms with van der Waals surface area (Å²) in [7, 11) is 0. The Hall–Kier alpha value is -0.260. The van der Waals surface area contributed by atoms with Crippen LogP contribution in [0.15, 0.2) is 12.2 Å². The van der Waals surface area contributed by atoms with Crippen molar-refractivity contribution < 1.29 is 0 Å². The molecule has 0 aliphatic carbocycles. The Bertz CT molecular complexity index is 226. The summed E-state index contributed by atoms with van der Waals surface area (Å²) in [5, 5.41) is 0. The molecule has 0 saturated heterocycles. The zero-order chi connectivity index (χ0) is 15.4. The molecule has 0 aromatic carbocycles. The molecule has 0 aromatic rings. The summed E-state index contributed by atoms with van der Waals surface area (Å²) in [6, 6.07) is 0. The van der Waals surface area contributed by atoms with E-state index in [1.807, 2.05) is 0 Å². The third-order valence-electron chi connectivity index (χ3n) is 5.08. The van der Waals surface area contributed by atoms with Crippen LogP contribution in [0.4, 0.5) is 0 Å². The van der Waals surface area contributed by atoms with Crippen LogP contribution in [0.5, 0.6) is 0 Å². The summed E-state index contributed by atoms with van der Waals surface area (Å²) >= 11 is 0. The summed E-state index contributed by atoms with van der Waals surface area (Å²) in [4.78, 5) is 0. The molecule has 0 heteroatoms. The standard InChI is InChI=1S/C20H40/c1-7-18(6)15-13-11-10-12-14-16-19(8-2)20(9-3)17(4)5/h12,14,17-20H,7-11,13,15-16H2,1-6H3. The lowest BCUT2D eigenvalue weighted by atomic mass is 9.78. The van der Waals surface area contributed by atoms with Gasteiger partial charge in [0, 0.05) is 0 Å². The maximum absolute atomic E-state index is 2.46. The van der Waals surface area contributed by atoms with Crippen molar-refractivity contribution in [3.8, 4) is 0 Å². The van der Waals surface area contributed by atoms with Crippen LogP contribution < -0.4 is 0 Å². The summed E-state index contributed by atoms with van der Waals surface area (Å²) in [5.41, 5.74) is 0. The number of unbranched alkanes of at least 4 members (excludes halogenated alkanes) is 2. The molecule has 0 amide bonds. The van der Waals surface area contributed by atoms with Crippen molar-refractivity contribution in [2.45, 2.75) is 92.9 Å². The van der Waals surface area contributed by atoms with Crippen molar-refractivity contribution in [3.05, 3.63) is 12.2 Å². The average molecular weight is 281 g/mol. The van der Waals surface area contributed by atoms with Gasteiger partial charge in [-0.2, -0.15) is 0 Å². The quantitative estimate of drug-likeness (QED) is 0.261. The first kappa shape index (κ1) is 19.7. The molecule has 0 aromatic heterocycles. The van der Waals surface area contributed by atoms with Crippen molar-refractivity contribution in [2.75, 3.05) is 0 Å². The second-order valence-electron chi connectivity index (χ2n) is 6.99. The lowest BCUT2D eigenvalue weighted by Gasteiger charge is -2.27. The normalized spacial score (nSPS) is 16.8. The Kier molecular flexibility index (Phi) is 12.3. The first-order chi connectivity index (χ1) is 9.56. The summed E-state index contributed by atoms with van der Waals surface area (Å²) in [5.74, 6) is 3.53. The Balaban J connectivity index is 3.85. The van der Waals surface area contributed by atoms with Crippen LogP contribution in [0.3, 0.4) is 0 Å². The van der Waals surface area contributed by atoms with Crippen LogP contribution >= 0.6 is 0 Å². The van der Waals surface area contributed by atoms with E-state index >= 15 is 0 Å². The van der Waals surface area contributed by atoms with Crippen LogP contribution in [-0.4, -0.2) is 0 Å². The Morgan fingerprint density at radius 1 is 0.800 bits per heavy atom. The molecular formula is C20H40. The van der Waals surface area contributed by atoms with Crippen molar-refractivity contribution >= 4 is 0 Å². The third kappa shape index (κ3) is 8.82. The minimum Gasteiger partial charge on any atom is -0.0885 e. The van der Waals surface area contributed by atoms with Gasteiger partial charge in [-0.05, 0) is 42.9 Å². The van der Waals surface area contributed by atoms with E-state index in [0.717, 1.165) is 23.7 Å². The molecule has 0 aliphatic heterocycles. The largest absolute Gasteiger partial charge is 0.0885 e. The van der Waals surface area contributed by atoms with Crippen LogP contribution in [-0.2, 0) is 0 Å². The van der Waals surface area contributed by atoms with E-state index in [1.54, 1.807) is 0 Å². The summed E-state index contributed by atoms with van der Waals surface area (Å²) in [6.45, 7) is 14.2. The molecule has 0 radical (unpaired) electrons. The molecule has 0 aliphatic rings. The van der Waals surface area contributed by atoms with E-state index < -0.39 is 0 Å². The van der Waals surface area contributed by atoms with E-state index in [9.17, 15) is 0 Å². The number of rotatable bonds is 12. The fraction of sp³-hybridized carbons (Fsp3) is 0.900. The van der Waals surface area contributed by atoms with Gasteiger partial charge in [0.25, 0.3) is 0 Å². The van der Waals surface area contributed by atoms with Crippen LogP contribution in [0, 0.1) is 23.7 Å². The second kappa shape index (κ2) is 12.5. The van der Waals surface area contributed by atoms with E-state index in [2.05, 4.69) is 53.7 Å². The van der Waals surface area contributed by atoms with Gasteiger partial charge in [-0.3, -0.25) is 0 Å². The highest BCUT2D eigenvalue weighted by molar-refractivity contribution is 4.86. The van der Waals surface area contributed by atoms with E-state index in [4.69, 9.17) is 0 Å². The van der Waals surface area contributed by atoms with E-state index in [-0.39, 0.29) is 0 Å². The molecule has 0 nitrogen and oxygen atoms in total. The van der Waals surface area contributed by atoms with Gasteiger partial charge < -0.3 is 0 Å². The zero-order valence-electron chi connectivity index (χ0n) is 15.1. The van der Waals surface area contributed by atoms with Crippen molar-refractivity contribution in [1.29, 1.82) is 0 Å². The summed E-state index contributed by atoms with van der Waals surface area (Å²) in [6.07, 6.45) is 15.7. The molecule has 0 N–H and O–H groups in total. The number of hydrogen-bond donors (Lipinski definition) is 0. The molecule has 3 unspecified atom stereocenters. The van der Waals surface area contributed by atoms with E-state index in [1.165, 1.54) is 51.4 Å². The number of hydrogen-bond acceptors (Lipinski definition) is 0. The van der Waals surface area contributed by atoms with Gasteiger partial charge in [0.15, 0.2) is 0 Å². The van der Waals surface area contributed by atoms with Crippen LogP contribution in [0.1, 0.15) is 92.9 Å². The minimum atomic E-state index is 0.828. The maximum Gasteiger partial charge on any atom is -0.0320 e. The van der Waals surface area contributed by atoms with Gasteiger partial charge in [-0.25, -0.2) is 0 Å². The van der Waals surface area contributed by atoms with Crippen molar-refractivity contribution in [1.82, 2.24) is 0 Å². The van der Waals surface area contributed by atoms with Gasteiger partial charge >= 0.3 is 0 Å². The first-order valence-corrected chi connectivity index (χ1v) is 9.21. The fourth-order valence-corrected chi connectivity index (χ4v) is 3.34. The average Bonchev–Trinajstić information content (AvgIpc) is 2.44. The number of allylic oxidation sites excluding steroid dienone is 2. The predicted molar refractivity (Wildman–Crippen MR) is 94.1 cm³/mol. The van der Waals surface area contributed by atoms with Crippen molar-refractivity contribution in [2.24, 2.45) is 23.7 Å². The third-order valence-corrected chi connectivity index (χ3v) is 5.08. The SMILES string of the molecule is CCC(C)CCCCC=CCC(CC)C(CC)C(C)C. The Morgan fingerprint density at radius 2 is 1.50 bits per heavy atom. The highest BCUT2D eigenvalue weighted by atomic mass is 14.2. The van der Waals surface area contributed by atoms with Gasteiger partial charge in [0.1, 0.15) is 0 Å². The summed E-state index contributed by atoms with van der Waals surface area (Å²) < 4.78 is 0. The minimum absolute atomic E-state index is 0.828. The van der Waals surface area contributed by atoms with Gasteiger partial charge in [0.2, 0.25) is 0 Å². The molecule has 20 heavy (non-hydrogen) atoms. The highest BCUT2D eigenvalue weighted by Gasteiger charge is 2.19. The lowest BCUT2D eigenvalue weighted by molar-refractivity contribution is 0.239. The molecule has 0 heterocycles. The zero-order valence-corrected chi connectivity index (χ0v) is 15.1. The van der Waals surface area contributed by atoms with E-state index in [0.29, 0.717) is 0 Å². The first-order valence-electron chi connectivity index (χ1n) is 9.21. The highest BCUT2D eigenvalue weighted by Crippen LogP contribution is 2.29. The Labute approximate surface area is 129 Å². The van der Waals surface area contributed by atoms with Crippen LogP contribution in [0.25, 0.3) is 0 Å². The molecule has 120 valence electrons. The molecular weight excluding hydrogens is 240 g/mol. The molecule has 0 spiro atoms. The molecule has 0 rings (SSSR count). The fourth-order valence-electron chi connectivity index (χ4n) is 3.34. The van der Waals surface area contributed by atoms with Gasteiger partial charge in [-0.15, -0.1) is 0 Å². The predicted octanol–water partition coefficient (Wildman–Crippen LogP) is 7.25. The maximum atomic E-state index is 2.46. The molecule has 3 atom stereocenters. The van der Waals surface area contributed by atoms with Crippen molar-refractivity contribution in [3.63, 3.8) is 0 Å². The van der Waals surface area contributed by atoms with Gasteiger partial charge in [-0.1, -0.05) is 85.8 Å². The smallest absolute Gasteiger partial charge is 0.0320 e. The van der Waals surface area contributed by atoms with Crippen LogP contribution in [0.2, 0.25) is 0 Å². The Morgan fingerprint density at radius 3 is 2.00 bits per heavy atom. The monoisotopic (exact) mass is 280 g/mol. The molecule has 0 fully saturated rings. The lowest BCUT2D eigenvalue weighted by Crippen LogP contribution is -2.18. The van der Waals surface area contributed by atoms with Gasteiger partial charge in [0.05, 0.1) is 0 Å². The molecule has 0 bridgehead atoms. The topological polar surface area (TPSA) is 0 Å². The molecule has 0 saturated carbocycles.